The van der Waals surface area contributed by atoms with Crippen LogP contribution < -0.4 is 0 Å². The van der Waals surface area contributed by atoms with Crippen molar-refractivity contribution in [3.05, 3.63) is 89.5 Å². The van der Waals surface area contributed by atoms with Crippen LogP contribution in [0.15, 0.2) is 66.9 Å². The fourth-order valence-corrected chi connectivity index (χ4v) is 6.77. The number of fused-ring (bicyclic) bond motifs is 3. The number of nitrogens with zero attached hydrogens (tertiary/aromatic N) is 1. The Morgan fingerprint density at radius 2 is 1.65 bits per heavy atom. The summed E-state index contributed by atoms with van der Waals surface area (Å²) in [6, 6.07) is 9.12. The molecule has 8 heteroatoms. The molecule has 2 aromatic carbocycles. The lowest BCUT2D eigenvalue weighted by Crippen LogP contribution is -2.40. The molecular weight excluding hydrogens is 582 g/mol. The molecule has 0 unspecified atom stereocenters. The molecule has 1 fully saturated rings. The molecule has 2 aromatic rings. The first-order chi connectivity index (χ1) is 22.0. The number of ketones is 2. The number of carbonyl (C=O) groups is 4. The second-order valence-corrected chi connectivity index (χ2v) is 12.2. The summed E-state index contributed by atoms with van der Waals surface area (Å²) in [5.74, 6) is -2.09. The van der Waals surface area contributed by atoms with Crippen LogP contribution in [-0.4, -0.2) is 46.5 Å². The first-order valence-corrected chi connectivity index (χ1v) is 15.9. The van der Waals surface area contributed by atoms with Crippen molar-refractivity contribution in [3.8, 4) is 11.1 Å². The molecule has 0 heterocycles. The molecule has 0 bridgehead atoms. The van der Waals surface area contributed by atoms with Gasteiger partial charge < -0.3 is 14.7 Å². The van der Waals surface area contributed by atoms with Gasteiger partial charge >= 0.3 is 11.9 Å². The minimum absolute atomic E-state index is 0.0941. The average Bonchev–Trinajstić information content (AvgIpc) is 3.34. The van der Waals surface area contributed by atoms with E-state index in [-0.39, 0.29) is 41.9 Å². The predicted molar refractivity (Wildman–Crippen MR) is 179 cm³/mol. The highest BCUT2D eigenvalue weighted by molar-refractivity contribution is 6.46. The van der Waals surface area contributed by atoms with Gasteiger partial charge in [0, 0.05) is 28.5 Å². The standard InChI is InChI=1S/C38H43NO7/c1-7-14-32(40)46-39-31(17-20-45-36(43)24(5)6)34(41)26-15-16-30-28(22-26)29-23-27(35(42)38(44)18-12-11-13-19-38)21-25(8-2)33(29)37(30,9-3)10-4/h7-8,15-16,21-23,44H,1-2,5,9-14,17-20H2,3-4,6H3/b39-31+. The minimum atomic E-state index is -1.40. The zero-order chi connectivity index (χ0) is 33.6. The van der Waals surface area contributed by atoms with Gasteiger partial charge in [-0.1, -0.05) is 75.7 Å². The number of rotatable bonds is 14. The van der Waals surface area contributed by atoms with Gasteiger partial charge in [0.2, 0.25) is 5.78 Å². The number of esters is 1. The molecule has 46 heavy (non-hydrogen) atoms. The third-order valence-corrected chi connectivity index (χ3v) is 9.28. The third kappa shape index (κ3) is 6.58. The normalized spacial score (nSPS) is 16.0. The molecule has 0 aromatic heterocycles. The molecule has 8 nitrogen and oxygen atoms in total. The van der Waals surface area contributed by atoms with Gasteiger partial charge in [0.25, 0.3) is 0 Å². The van der Waals surface area contributed by atoms with E-state index in [1.54, 1.807) is 18.2 Å². The molecule has 2 aliphatic rings. The SMILES string of the molecule is C=CCC(=O)O/N=C(\CCOC(=O)C(=C)C)C(=O)c1ccc2c(c1)-c1cc(C(=O)C3(O)CCCCC3)cc(C=C)c1C2(CC)CC. The van der Waals surface area contributed by atoms with E-state index >= 15 is 0 Å². The van der Waals surface area contributed by atoms with Gasteiger partial charge in [0.15, 0.2) is 5.78 Å². The first-order valence-electron chi connectivity index (χ1n) is 15.9. The third-order valence-electron chi connectivity index (χ3n) is 9.28. The number of benzene rings is 2. The summed E-state index contributed by atoms with van der Waals surface area (Å²) in [5.41, 5.74) is 3.54. The highest BCUT2D eigenvalue weighted by Crippen LogP contribution is 2.55. The molecular formula is C38H43NO7. The summed E-state index contributed by atoms with van der Waals surface area (Å²) in [7, 11) is 0. The maximum Gasteiger partial charge on any atom is 0.338 e. The van der Waals surface area contributed by atoms with Crippen LogP contribution in [0.4, 0.5) is 0 Å². The van der Waals surface area contributed by atoms with Crippen LogP contribution in [0.5, 0.6) is 0 Å². The first kappa shape index (κ1) is 34.4. The minimum Gasteiger partial charge on any atom is -0.462 e. The number of hydrogen-bond acceptors (Lipinski definition) is 8. The summed E-state index contributed by atoms with van der Waals surface area (Å²) in [6.07, 6.45) is 7.91. The second-order valence-electron chi connectivity index (χ2n) is 12.2. The molecule has 0 amide bonds. The van der Waals surface area contributed by atoms with Gasteiger partial charge in [-0.25, -0.2) is 9.59 Å². The van der Waals surface area contributed by atoms with Crippen LogP contribution in [0.25, 0.3) is 17.2 Å². The van der Waals surface area contributed by atoms with E-state index in [1.165, 1.54) is 13.0 Å². The van der Waals surface area contributed by atoms with E-state index in [9.17, 15) is 24.3 Å². The number of aliphatic hydroxyl groups is 1. The van der Waals surface area contributed by atoms with E-state index in [0.29, 0.717) is 24.0 Å². The van der Waals surface area contributed by atoms with E-state index in [2.05, 4.69) is 38.7 Å². The van der Waals surface area contributed by atoms with E-state index in [1.807, 2.05) is 18.2 Å². The Balaban J connectivity index is 1.81. The fraction of sp³-hybridized carbons (Fsp3) is 0.395. The van der Waals surface area contributed by atoms with Gasteiger partial charge in [-0.2, -0.15) is 0 Å². The van der Waals surface area contributed by atoms with Crippen LogP contribution in [0.3, 0.4) is 0 Å². The zero-order valence-electron chi connectivity index (χ0n) is 27.1. The fourth-order valence-electron chi connectivity index (χ4n) is 6.77. The number of Topliss-reactive ketones (excluding diaryl/α,β-unsaturated/α-hetero) is 2. The predicted octanol–water partition coefficient (Wildman–Crippen LogP) is 7.46. The average molecular weight is 626 g/mol. The molecule has 0 aliphatic heterocycles. The quantitative estimate of drug-likeness (QED) is 0.0440. The van der Waals surface area contributed by atoms with Crippen molar-refractivity contribution < 1.29 is 33.9 Å². The smallest absolute Gasteiger partial charge is 0.338 e. The summed E-state index contributed by atoms with van der Waals surface area (Å²) in [4.78, 5) is 56.6. The van der Waals surface area contributed by atoms with Gasteiger partial charge in [-0.05, 0) is 78.6 Å². The number of oxime groups is 1. The summed E-state index contributed by atoms with van der Waals surface area (Å²) < 4.78 is 5.18. The molecule has 0 atom stereocenters. The van der Waals surface area contributed by atoms with Gasteiger partial charge in [0.05, 0.1) is 13.0 Å². The number of hydrogen-bond donors (Lipinski definition) is 1. The van der Waals surface area contributed by atoms with Crippen molar-refractivity contribution in [1.29, 1.82) is 0 Å². The Morgan fingerprint density at radius 3 is 2.26 bits per heavy atom. The monoisotopic (exact) mass is 625 g/mol. The summed E-state index contributed by atoms with van der Waals surface area (Å²) >= 11 is 0. The molecule has 0 radical (unpaired) electrons. The van der Waals surface area contributed by atoms with Crippen molar-refractivity contribution >= 4 is 35.3 Å². The molecule has 0 spiro atoms. The molecule has 4 rings (SSSR count). The summed E-state index contributed by atoms with van der Waals surface area (Å²) in [6.45, 7) is 16.7. The van der Waals surface area contributed by atoms with Crippen molar-refractivity contribution in [2.75, 3.05) is 6.61 Å². The Morgan fingerprint density at radius 1 is 0.978 bits per heavy atom. The maximum absolute atomic E-state index is 13.9. The summed E-state index contributed by atoms with van der Waals surface area (Å²) in [5, 5.41) is 15.2. The van der Waals surface area contributed by atoms with Crippen LogP contribution in [0.1, 0.15) is 116 Å². The van der Waals surface area contributed by atoms with Crippen LogP contribution in [0.2, 0.25) is 0 Å². The van der Waals surface area contributed by atoms with Gasteiger partial charge in [-0.3, -0.25) is 9.59 Å². The van der Waals surface area contributed by atoms with Crippen LogP contribution >= 0.6 is 0 Å². The van der Waals surface area contributed by atoms with Crippen molar-refractivity contribution in [3.63, 3.8) is 0 Å². The highest BCUT2D eigenvalue weighted by atomic mass is 16.7. The number of ether oxygens (including phenoxy) is 1. The largest absolute Gasteiger partial charge is 0.462 e. The second kappa shape index (κ2) is 14.3. The van der Waals surface area contributed by atoms with E-state index < -0.39 is 23.3 Å². The molecule has 2 aliphatic carbocycles. The lowest BCUT2D eigenvalue weighted by Gasteiger charge is -2.32. The molecule has 1 saturated carbocycles. The molecule has 242 valence electrons. The van der Waals surface area contributed by atoms with Gasteiger partial charge in [-0.15, -0.1) is 6.58 Å². The van der Waals surface area contributed by atoms with Crippen molar-refractivity contribution in [1.82, 2.24) is 0 Å². The maximum atomic E-state index is 13.9. The van der Waals surface area contributed by atoms with Crippen LogP contribution in [-0.2, 0) is 24.6 Å². The Hall–Kier alpha value is -4.43. The van der Waals surface area contributed by atoms with Gasteiger partial charge in [0.1, 0.15) is 11.3 Å². The number of carbonyl (C=O) groups excluding carboxylic acids is 4. The topological polar surface area (TPSA) is 119 Å². The lowest BCUT2D eigenvalue weighted by molar-refractivity contribution is -0.143. The van der Waals surface area contributed by atoms with E-state index in [4.69, 9.17) is 9.57 Å². The van der Waals surface area contributed by atoms with Crippen molar-refractivity contribution in [2.45, 2.75) is 89.6 Å². The molecule has 1 N–H and O–H groups in total. The lowest BCUT2D eigenvalue weighted by atomic mass is 9.71. The van der Waals surface area contributed by atoms with Crippen molar-refractivity contribution in [2.24, 2.45) is 5.16 Å². The highest BCUT2D eigenvalue weighted by Gasteiger charge is 2.44. The van der Waals surface area contributed by atoms with Crippen LogP contribution in [0, 0.1) is 0 Å². The Labute approximate surface area is 270 Å². The van der Waals surface area contributed by atoms with E-state index in [0.717, 1.165) is 59.9 Å². The Bertz CT molecular complexity index is 1620. The zero-order valence-corrected chi connectivity index (χ0v) is 27.1. The molecule has 0 saturated heterocycles. The Kier molecular flexibility index (Phi) is 10.7.